The average molecular weight is 281 g/mol. The number of rotatable bonds is 4. The molecule has 0 saturated carbocycles. The maximum atomic E-state index is 11.5. The Morgan fingerprint density at radius 2 is 2.00 bits per heavy atom. The fourth-order valence-electron chi connectivity index (χ4n) is 1.07. The molecule has 1 aliphatic heterocycles. The van der Waals surface area contributed by atoms with Crippen molar-refractivity contribution in [2.75, 3.05) is 5.75 Å². The quantitative estimate of drug-likeness (QED) is 0.746. The molecule has 0 aromatic carbocycles. The van der Waals surface area contributed by atoms with Crippen molar-refractivity contribution in [1.29, 1.82) is 0 Å². The van der Waals surface area contributed by atoms with Gasteiger partial charge in [-0.3, -0.25) is 0 Å². The van der Waals surface area contributed by atoms with Crippen LogP contribution in [0.5, 0.6) is 0 Å². The third kappa shape index (κ3) is 2.91. The van der Waals surface area contributed by atoms with Crippen molar-refractivity contribution in [3.8, 4) is 0 Å². The Hall–Kier alpha value is -1.22. The molecule has 0 saturated heterocycles. The van der Waals surface area contributed by atoms with Crippen molar-refractivity contribution >= 4 is 31.5 Å². The van der Waals surface area contributed by atoms with Gasteiger partial charge in [0.15, 0.2) is 14.7 Å². The van der Waals surface area contributed by atoms with Gasteiger partial charge >= 0.3 is 5.97 Å². The highest BCUT2D eigenvalue weighted by atomic mass is 32.2. The number of carboxylic acids is 1. The molecule has 9 heteroatoms. The molecule has 0 fully saturated rings. The smallest absolute Gasteiger partial charge is 0.349 e. The van der Waals surface area contributed by atoms with Crippen LogP contribution in [-0.4, -0.2) is 44.6 Å². The van der Waals surface area contributed by atoms with Crippen LogP contribution in [0.2, 0.25) is 0 Å². The molecule has 0 aromatic rings. The molecule has 1 heterocycles. The predicted octanol–water partition coefficient (Wildman–Crippen LogP) is -0.438. The Kier molecular flexibility index (Phi) is 3.44. The van der Waals surface area contributed by atoms with Crippen LogP contribution in [-0.2, 0) is 24.7 Å². The number of aliphatic carboxylic acids is 1. The number of allylic oxidation sites excluding steroid dienone is 1. The van der Waals surface area contributed by atoms with Crippen LogP contribution >= 0.6 is 0 Å². The predicted molar refractivity (Wildman–Crippen MR) is 61.0 cm³/mol. The Morgan fingerprint density at radius 3 is 2.35 bits per heavy atom. The van der Waals surface area contributed by atoms with E-state index in [1.54, 1.807) is 0 Å². The molecule has 0 unspecified atom stereocenters. The molecule has 0 radical (unpaired) electrons. The first kappa shape index (κ1) is 13.8. The van der Waals surface area contributed by atoms with Gasteiger partial charge in [-0.1, -0.05) is 0 Å². The van der Waals surface area contributed by atoms with Gasteiger partial charge in [-0.25, -0.2) is 13.2 Å². The minimum absolute atomic E-state index is 0.267. The number of nitrogens with zero attached hydrogens (tertiary/aromatic N) is 1. The van der Waals surface area contributed by atoms with Crippen LogP contribution in [0.25, 0.3) is 0 Å². The Balaban J connectivity index is 3.11. The lowest BCUT2D eigenvalue weighted by Gasteiger charge is -2.05. The van der Waals surface area contributed by atoms with E-state index >= 15 is 0 Å². The average Bonchev–Trinajstić information content (AvgIpc) is 2.39. The first-order valence-electron chi connectivity index (χ1n) is 4.56. The van der Waals surface area contributed by atoms with E-state index in [9.17, 15) is 21.6 Å². The summed E-state index contributed by atoms with van der Waals surface area (Å²) in [5.74, 6) is -2.23. The monoisotopic (exact) mass is 281 g/mol. The summed E-state index contributed by atoms with van der Waals surface area (Å²) in [6.07, 6.45) is 0.775. The number of hydrogen-bond donors (Lipinski definition) is 1. The Bertz CT molecular complexity index is 608. The summed E-state index contributed by atoms with van der Waals surface area (Å²) < 4.78 is 48.6. The molecule has 1 N–H and O–H groups in total. The minimum Gasteiger partial charge on any atom is -0.477 e. The lowest BCUT2D eigenvalue weighted by Crippen LogP contribution is -2.22. The minimum atomic E-state index is -4.25. The standard InChI is InChI=1S/C8H11NO6S2/c1-5(2)16(12,13)4-6-3-7(8(10)11)17(14,15)9-6/h3,5H,4H2,1-2H3,(H,10,11). The molecule has 7 nitrogen and oxygen atoms in total. The van der Waals surface area contributed by atoms with Crippen molar-refractivity contribution < 1.29 is 26.7 Å². The van der Waals surface area contributed by atoms with Crippen molar-refractivity contribution in [3.05, 3.63) is 11.0 Å². The molecule has 96 valence electrons. The van der Waals surface area contributed by atoms with Crippen molar-refractivity contribution in [2.24, 2.45) is 4.40 Å². The highest BCUT2D eigenvalue weighted by molar-refractivity contribution is 7.96. The molecule has 1 aliphatic rings. The van der Waals surface area contributed by atoms with Crippen molar-refractivity contribution in [3.63, 3.8) is 0 Å². The van der Waals surface area contributed by atoms with Crippen molar-refractivity contribution in [2.45, 2.75) is 19.1 Å². The fourth-order valence-corrected chi connectivity index (χ4v) is 3.07. The summed E-state index contributed by atoms with van der Waals surface area (Å²) >= 11 is 0. The molecule has 0 atom stereocenters. The molecule has 0 amide bonds. The van der Waals surface area contributed by atoms with Crippen molar-refractivity contribution in [1.82, 2.24) is 0 Å². The molecule has 17 heavy (non-hydrogen) atoms. The second-order valence-electron chi connectivity index (χ2n) is 3.73. The Morgan fingerprint density at radius 1 is 1.47 bits per heavy atom. The zero-order valence-corrected chi connectivity index (χ0v) is 10.7. The molecule has 0 aliphatic carbocycles. The lowest BCUT2D eigenvalue weighted by molar-refractivity contribution is -0.131. The normalized spacial score (nSPS) is 19.0. The van der Waals surface area contributed by atoms with Gasteiger partial charge < -0.3 is 5.11 Å². The van der Waals surface area contributed by atoms with E-state index in [2.05, 4.69) is 4.40 Å². The van der Waals surface area contributed by atoms with Gasteiger partial charge in [-0.05, 0) is 19.9 Å². The highest BCUT2D eigenvalue weighted by Crippen LogP contribution is 2.18. The number of hydrogen-bond acceptors (Lipinski definition) is 5. The van der Waals surface area contributed by atoms with E-state index in [1.165, 1.54) is 13.8 Å². The number of carboxylic acid groups (broad SMARTS) is 1. The van der Waals surface area contributed by atoms with Gasteiger partial charge in [0.05, 0.1) is 16.7 Å². The van der Waals surface area contributed by atoms with Gasteiger partial charge in [0.1, 0.15) is 0 Å². The second kappa shape index (κ2) is 4.22. The summed E-state index contributed by atoms with van der Waals surface area (Å²) in [6, 6.07) is 0. The third-order valence-corrected chi connectivity index (χ3v) is 5.55. The molecule has 0 aromatic heterocycles. The maximum absolute atomic E-state index is 11.5. The zero-order valence-electron chi connectivity index (χ0n) is 9.11. The summed E-state index contributed by atoms with van der Waals surface area (Å²) in [4.78, 5) is 9.70. The van der Waals surface area contributed by atoms with Gasteiger partial charge in [0.25, 0.3) is 10.0 Å². The number of sulfone groups is 1. The largest absolute Gasteiger partial charge is 0.477 e. The van der Waals surface area contributed by atoms with Crippen LogP contribution in [0.3, 0.4) is 0 Å². The maximum Gasteiger partial charge on any atom is 0.349 e. The fraction of sp³-hybridized carbons (Fsp3) is 0.500. The molecular weight excluding hydrogens is 270 g/mol. The van der Waals surface area contributed by atoms with E-state index in [-0.39, 0.29) is 5.71 Å². The lowest BCUT2D eigenvalue weighted by atomic mass is 10.4. The third-order valence-electron chi connectivity index (χ3n) is 2.09. The van der Waals surface area contributed by atoms with Gasteiger partial charge in [-0.15, -0.1) is 0 Å². The highest BCUT2D eigenvalue weighted by Gasteiger charge is 2.32. The van der Waals surface area contributed by atoms with Crippen LogP contribution < -0.4 is 0 Å². The summed E-state index contributed by atoms with van der Waals surface area (Å²) in [7, 11) is -7.76. The van der Waals surface area contributed by atoms with Gasteiger partial charge in [0.2, 0.25) is 0 Å². The van der Waals surface area contributed by atoms with E-state index in [0.29, 0.717) is 0 Å². The summed E-state index contributed by atoms with van der Waals surface area (Å²) in [5.41, 5.74) is -0.267. The Labute approximate surface area is 98.8 Å². The first-order valence-corrected chi connectivity index (χ1v) is 7.72. The topological polar surface area (TPSA) is 118 Å². The van der Waals surface area contributed by atoms with Gasteiger partial charge in [0, 0.05) is 0 Å². The van der Waals surface area contributed by atoms with E-state index in [4.69, 9.17) is 5.11 Å². The SMILES string of the molecule is CC(C)S(=O)(=O)CC1=NS(=O)(=O)C(C(=O)O)=C1. The molecule has 1 rings (SSSR count). The molecule has 0 bridgehead atoms. The molecule has 0 spiro atoms. The van der Waals surface area contributed by atoms with Gasteiger partial charge in [-0.2, -0.15) is 12.8 Å². The number of sulfonamides is 1. The van der Waals surface area contributed by atoms with E-state index in [1.807, 2.05) is 0 Å². The zero-order chi connectivity index (χ0) is 13.4. The van der Waals surface area contributed by atoms with Crippen LogP contribution in [0.15, 0.2) is 15.4 Å². The summed E-state index contributed by atoms with van der Waals surface area (Å²) in [6.45, 7) is 2.89. The van der Waals surface area contributed by atoms with E-state index < -0.39 is 41.7 Å². The van der Waals surface area contributed by atoms with Crippen LogP contribution in [0.4, 0.5) is 0 Å². The van der Waals surface area contributed by atoms with Crippen LogP contribution in [0, 0.1) is 0 Å². The summed E-state index contributed by atoms with van der Waals surface area (Å²) in [5, 5.41) is 7.92. The number of carbonyl (C=O) groups is 1. The first-order chi connectivity index (χ1) is 7.56. The second-order valence-corrected chi connectivity index (χ2v) is 7.86. The molecular formula is C8H11NO6S2. The van der Waals surface area contributed by atoms with Crippen LogP contribution in [0.1, 0.15) is 13.8 Å². The van der Waals surface area contributed by atoms with E-state index in [0.717, 1.165) is 6.08 Å².